The minimum Gasteiger partial charge on any atom is -0.624 e. The number of ether oxygens (including phenoxy) is 2. The van der Waals surface area contributed by atoms with Crippen molar-refractivity contribution in [1.29, 1.82) is 0 Å². The number of hydrogen-bond donors (Lipinski definition) is 3. The molecule has 4 rings (SSSR count). The van der Waals surface area contributed by atoms with Crippen molar-refractivity contribution < 1.29 is 28.5 Å². The van der Waals surface area contributed by atoms with Gasteiger partial charge >= 0.3 is 5.91 Å². The summed E-state index contributed by atoms with van der Waals surface area (Å²) in [5, 5.41) is 19.2. The summed E-state index contributed by atoms with van der Waals surface area (Å²) in [4.78, 5) is 39.0. The van der Waals surface area contributed by atoms with E-state index in [9.17, 15) is 19.6 Å². The van der Waals surface area contributed by atoms with Gasteiger partial charge < -0.3 is 25.7 Å². The molecule has 0 bridgehead atoms. The number of carbonyl (C=O) groups is 3. The van der Waals surface area contributed by atoms with Crippen LogP contribution in [0, 0.1) is 5.21 Å². The molecule has 2 atom stereocenters. The summed E-state index contributed by atoms with van der Waals surface area (Å²) < 4.78 is 9.55. The van der Waals surface area contributed by atoms with Gasteiger partial charge in [-0.3, -0.25) is 24.5 Å². The quantitative estimate of drug-likeness (QED) is 0.173. The minimum absolute atomic E-state index is 0.0652. The molecule has 11 heteroatoms. The Labute approximate surface area is 192 Å². The first-order valence-electron chi connectivity index (χ1n) is 11.4. The van der Waals surface area contributed by atoms with E-state index in [1.54, 1.807) is 12.1 Å². The van der Waals surface area contributed by atoms with Crippen molar-refractivity contribution in [3.05, 3.63) is 34.5 Å². The number of nitrogens with two attached hydrogens (primary N) is 1. The number of nitrogens with one attached hydrogen (secondary N) is 2. The normalized spacial score (nSPS) is 25.6. The molecule has 1 aromatic rings. The van der Waals surface area contributed by atoms with E-state index in [1.807, 2.05) is 6.07 Å². The molecule has 0 spiro atoms. The Hall–Kier alpha value is -2.41. The molecule has 0 aromatic heterocycles. The number of anilines is 1. The average Bonchev–Trinajstić information content (AvgIpc) is 3.02. The van der Waals surface area contributed by atoms with Crippen LogP contribution in [-0.4, -0.2) is 92.0 Å². The molecule has 0 aliphatic carbocycles. The zero-order valence-electron chi connectivity index (χ0n) is 18.6. The molecule has 3 aliphatic heterocycles. The molecule has 2 unspecified atom stereocenters. The van der Waals surface area contributed by atoms with E-state index >= 15 is 0 Å². The van der Waals surface area contributed by atoms with Crippen LogP contribution in [0.1, 0.15) is 28.8 Å². The number of carbonyl (C=O) groups excluding carboxylic acids is 3. The molecule has 3 aliphatic rings. The number of hydrogen-bond acceptors (Lipinski definition) is 9. The maximum atomic E-state index is 13.5. The van der Waals surface area contributed by atoms with Crippen LogP contribution in [-0.2, 0) is 25.6 Å². The lowest BCUT2D eigenvalue weighted by Gasteiger charge is -2.43. The van der Waals surface area contributed by atoms with Crippen molar-refractivity contribution in [2.45, 2.75) is 31.5 Å². The maximum absolute atomic E-state index is 13.5. The molecule has 180 valence electrons. The highest BCUT2D eigenvalue weighted by Gasteiger charge is 2.50. The predicted octanol–water partition coefficient (Wildman–Crippen LogP) is -0.452. The van der Waals surface area contributed by atoms with Gasteiger partial charge in [0.15, 0.2) is 6.04 Å². The molecule has 2 saturated heterocycles. The fourth-order valence-corrected chi connectivity index (χ4v) is 4.60. The molecule has 3 amide bonds. The van der Waals surface area contributed by atoms with E-state index < -0.39 is 28.4 Å². The number of amides is 3. The fraction of sp³-hybridized carbons (Fsp3) is 0.591. The molecular formula is C22H31N5O6. The third-order valence-corrected chi connectivity index (χ3v) is 6.36. The second-order valence-corrected chi connectivity index (χ2v) is 8.67. The molecule has 11 nitrogen and oxygen atoms in total. The molecule has 1 aromatic carbocycles. The number of likely N-dealkylation sites (tertiary alicyclic amines) is 1. The largest absolute Gasteiger partial charge is 0.624 e. The van der Waals surface area contributed by atoms with Gasteiger partial charge in [-0.1, -0.05) is 6.07 Å². The standard InChI is InChI=1S/C22H31N5O6/c23-6-8-32-10-11-33-9-7-26-12-15(13-26)24-18-3-1-2-16-17(18)14-27(31,22(16)30)19-4-5-20(28)25-21(19)29/h1-3,15,19,24H,4-14,23H2,(H,25,28,29). The number of nitrogens with zero attached hydrogens (tertiary/aromatic N) is 2. The SMILES string of the molecule is NCCOCCOCCN1CC(Nc2cccc3c2C[N+]([O-])(C2CCC(=O)NC2=O)C3=O)C1. The lowest BCUT2D eigenvalue weighted by atomic mass is 10.0. The number of piperidine rings is 1. The lowest BCUT2D eigenvalue weighted by Crippen LogP contribution is -2.60. The Bertz CT molecular complexity index is 905. The zero-order valence-corrected chi connectivity index (χ0v) is 18.6. The van der Waals surface area contributed by atoms with Crippen LogP contribution in [0.15, 0.2) is 18.2 Å². The highest BCUT2D eigenvalue weighted by atomic mass is 16.6. The van der Waals surface area contributed by atoms with Crippen LogP contribution in [0.3, 0.4) is 0 Å². The van der Waals surface area contributed by atoms with Gasteiger partial charge in [0, 0.05) is 50.3 Å². The lowest BCUT2D eigenvalue weighted by molar-refractivity contribution is -0.825. The first-order valence-corrected chi connectivity index (χ1v) is 11.4. The monoisotopic (exact) mass is 461 g/mol. The number of rotatable bonds is 11. The van der Waals surface area contributed by atoms with E-state index in [1.165, 1.54) is 0 Å². The fourth-order valence-electron chi connectivity index (χ4n) is 4.60. The number of quaternary nitrogens is 1. The van der Waals surface area contributed by atoms with Crippen LogP contribution in [0.25, 0.3) is 0 Å². The van der Waals surface area contributed by atoms with Gasteiger partial charge in [-0.15, -0.1) is 0 Å². The third kappa shape index (κ3) is 5.08. The van der Waals surface area contributed by atoms with Crippen molar-refractivity contribution in [3.8, 4) is 0 Å². The van der Waals surface area contributed by atoms with E-state index in [0.29, 0.717) is 44.1 Å². The molecule has 0 saturated carbocycles. The molecule has 4 N–H and O–H groups in total. The molecule has 33 heavy (non-hydrogen) atoms. The average molecular weight is 462 g/mol. The first kappa shape index (κ1) is 23.7. The number of hydroxylamine groups is 3. The third-order valence-electron chi connectivity index (χ3n) is 6.36. The number of fused-ring (bicyclic) bond motifs is 1. The Balaban J connectivity index is 1.28. The number of benzene rings is 1. The van der Waals surface area contributed by atoms with Gasteiger partial charge in [-0.2, -0.15) is 0 Å². The van der Waals surface area contributed by atoms with E-state index in [4.69, 9.17) is 15.2 Å². The topological polar surface area (TPSA) is 146 Å². The Morgan fingerprint density at radius 3 is 2.64 bits per heavy atom. The maximum Gasteiger partial charge on any atom is 0.347 e. The summed E-state index contributed by atoms with van der Waals surface area (Å²) in [5.74, 6) is -1.69. The highest BCUT2D eigenvalue weighted by molar-refractivity contribution is 6.02. The second kappa shape index (κ2) is 10.2. The van der Waals surface area contributed by atoms with Crippen LogP contribution >= 0.6 is 0 Å². The summed E-state index contributed by atoms with van der Waals surface area (Å²) in [6.07, 6.45) is 0.144. The smallest absolute Gasteiger partial charge is 0.347 e. The zero-order chi connectivity index (χ0) is 23.4. The van der Waals surface area contributed by atoms with Crippen LogP contribution in [0.4, 0.5) is 5.69 Å². The van der Waals surface area contributed by atoms with E-state index in [2.05, 4.69) is 15.5 Å². The second-order valence-electron chi connectivity index (χ2n) is 8.67. The van der Waals surface area contributed by atoms with Crippen molar-refractivity contribution in [1.82, 2.24) is 10.2 Å². The first-order chi connectivity index (χ1) is 15.9. The minimum atomic E-state index is -1.27. The highest BCUT2D eigenvalue weighted by Crippen LogP contribution is 2.38. The van der Waals surface area contributed by atoms with Crippen LogP contribution in [0.5, 0.6) is 0 Å². The van der Waals surface area contributed by atoms with Gasteiger partial charge in [-0.05, 0) is 12.1 Å². The van der Waals surface area contributed by atoms with Crippen LogP contribution < -0.4 is 16.4 Å². The van der Waals surface area contributed by atoms with Gasteiger partial charge in [0.05, 0.1) is 38.0 Å². The van der Waals surface area contributed by atoms with Gasteiger partial charge in [0.25, 0.3) is 5.91 Å². The van der Waals surface area contributed by atoms with Gasteiger partial charge in [0.2, 0.25) is 5.91 Å². The Morgan fingerprint density at radius 1 is 1.15 bits per heavy atom. The van der Waals surface area contributed by atoms with Crippen molar-refractivity contribution in [2.24, 2.45) is 5.73 Å². The predicted molar refractivity (Wildman–Crippen MR) is 119 cm³/mol. The molecule has 2 fully saturated rings. The Kier molecular flexibility index (Phi) is 7.37. The van der Waals surface area contributed by atoms with E-state index in [0.717, 1.165) is 25.3 Å². The number of imide groups is 1. The Morgan fingerprint density at radius 2 is 1.91 bits per heavy atom. The summed E-state index contributed by atoms with van der Waals surface area (Å²) in [5.41, 5.74) is 7.10. The summed E-state index contributed by atoms with van der Waals surface area (Å²) in [6.45, 7) is 5.11. The molecule has 0 radical (unpaired) electrons. The van der Waals surface area contributed by atoms with Crippen molar-refractivity contribution >= 4 is 23.4 Å². The van der Waals surface area contributed by atoms with Crippen molar-refractivity contribution in [2.75, 3.05) is 57.9 Å². The van der Waals surface area contributed by atoms with E-state index in [-0.39, 0.29) is 25.4 Å². The summed E-state index contributed by atoms with van der Waals surface area (Å²) in [7, 11) is 0. The summed E-state index contributed by atoms with van der Waals surface area (Å²) in [6, 6.07) is 4.34. The van der Waals surface area contributed by atoms with Crippen molar-refractivity contribution in [3.63, 3.8) is 0 Å². The van der Waals surface area contributed by atoms with Crippen LogP contribution in [0.2, 0.25) is 0 Å². The molecular weight excluding hydrogens is 430 g/mol. The summed E-state index contributed by atoms with van der Waals surface area (Å²) >= 11 is 0. The van der Waals surface area contributed by atoms with Gasteiger partial charge in [-0.25, -0.2) is 4.79 Å². The molecule has 3 heterocycles. The van der Waals surface area contributed by atoms with Gasteiger partial charge in [0.1, 0.15) is 6.54 Å².